The fraction of sp³-hybridized carbons (Fsp3) is 0.273. The molecule has 0 saturated carbocycles. The van der Waals surface area contributed by atoms with Crippen molar-refractivity contribution in [2.24, 2.45) is 0 Å². The summed E-state index contributed by atoms with van der Waals surface area (Å²) in [7, 11) is 4.77. The monoisotopic (exact) mass is 412 g/mol. The van der Waals surface area contributed by atoms with E-state index in [9.17, 15) is 4.79 Å². The summed E-state index contributed by atoms with van der Waals surface area (Å²) in [5.74, 6) is 1.77. The van der Waals surface area contributed by atoms with Gasteiger partial charge in [0.25, 0.3) is 0 Å². The first kappa shape index (κ1) is 20.8. The molecule has 0 bridgehead atoms. The van der Waals surface area contributed by atoms with Crippen LogP contribution >= 0.6 is 11.8 Å². The van der Waals surface area contributed by atoms with Crippen molar-refractivity contribution in [1.29, 1.82) is 0 Å². The molecule has 0 aliphatic carbocycles. The van der Waals surface area contributed by atoms with Gasteiger partial charge >= 0.3 is 0 Å². The highest BCUT2D eigenvalue weighted by atomic mass is 32.2. The second-order valence-corrected chi connectivity index (χ2v) is 7.81. The first-order chi connectivity index (χ1) is 14.0. The SMILES string of the molecule is COc1ccc(OC)c(NC(=O)C(C)Sc2cc(C)c3cccc(OC)c3n2)c1. The van der Waals surface area contributed by atoms with Crippen molar-refractivity contribution < 1.29 is 19.0 Å². The third kappa shape index (κ3) is 4.56. The lowest BCUT2D eigenvalue weighted by Crippen LogP contribution is -2.22. The first-order valence-electron chi connectivity index (χ1n) is 9.10. The van der Waals surface area contributed by atoms with Crippen LogP contribution in [0.1, 0.15) is 12.5 Å². The number of pyridine rings is 1. The number of ether oxygens (including phenoxy) is 3. The molecule has 2 aromatic carbocycles. The molecule has 1 atom stereocenters. The van der Waals surface area contributed by atoms with Crippen LogP contribution in [0.25, 0.3) is 10.9 Å². The Morgan fingerprint density at radius 2 is 1.79 bits per heavy atom. The molecular formula is C22H24N2O4S. The number of hydrogen-bond acceptors (Lipinski definition) is 6. The minimum absolute atomic E-state index is 0.152. The lowest BCUT2D eigenvalue weighted by atomic mass is 10.1. The molecule has 0 saturated heterocycles. The molecule has 0 spiro atoms. The number of methoxy groups -OCH3 is 3. The smallest absolute Gasteiger partial charge is 0.237 e. The molecule has 1 amide bonds. The molecule has 29 heavy (non-hydrogen) atoms. The number of aromatic nitrogens is 1. The van der Waals surface area contributed by atoms with Gasteiger partial charge in [0.1, 0.15) is 22.8 Å². The summed E-state index contributed by atoms with van der Waals surface area (Å²) in [5, 5.41) is 4.34. The Hall–Kier alpha value is -2.93. The van der Waals surface area contributed by atoms with Crippen LogP contribution in [0.2, 0.25) is 0 Å². The highest BCUT2D eigenvalue weighted by Gasteiger charge is 2.19. The van der Waals surface area contributed by atoms with Crippen molar-refractivity contribution in [3.63, 3.8) is 0 Å². The van der Waals surface area contributed by atoms with Crippen molar-refractivity contribution in [3.05, 3.63) is 48.0 Å². The van der Waals surface area contributed by atoms with E-state index in [0.717, 1.165) is 21.5 Å². The average molecular weight is 413 g/mol. The molecule has 0 aliphatic rings. The second kappa shape index (κ2) is 9.05. The zero-order chi connectivity index (χ0) is 21.0. The zero-order valence-corrected chi connectivity index (χ0v) is 17.9. The molecule has 0 radical (unpaired) electrons. The number of rotatable bonds is 7. The van der Waals surface area contributed by atoms with Crippen molar-refractivity contribution in [2.45, 2.75) is 24.1 Å². The fourth-order valence-electron chi connectivity index (χ4n) is 2.97. The van der Waals surface area contributed by atoms with Gasteiger partial charge in [0, 0.05) is 11.5 Å². The summed E-state index contributed by atoms with van der Waals surface area (Å²) in [4.78, 5) is 17.5. The number of amides is 1. The van der Waals surface area contributed by atoms with Crippen molar-refractivity contribution in [3.8, 4) is 17.2 Å². The number of carbonyl (C=O) groups excluding carboxylic acids is 1. The van der Waals surface area contributed by atoms with Crippen LogP contribution in [0.3, 0.4) is 0 Å². The normalized spacial score (nSPS) is 11.8. The third-order valence-electron chi connectivity index (χ3n) is 4.54. The molecule has 152 valence electrons. The molecule has 3 rings (SSSR count). The van der Waals surface area contributed by atoms with Gasteiger partial charge in [-0.3, -0.25) is 4.79 Å². The van der Waals surface area contributed by atoms with E-state index in [4.69, 9.17) is 19.2 Å². The van der Waals surface area contributed by atoms with Gasteiger partial charge in [-0.25, -0.2) is 4.98 Å². The fourth-order valence-corrected chi connectivity index (χ4v) is 3.88. The van der Waals surface area contributed by atoms with Crippen LogP contribution in [0.5, 0.6) is 17.2 Å². The molecule has 1 N–H and O–H groups in total. The Morgan fingerprint density at radius 3 is 2.48 bits per heavy atom. The zero-order valence-electron chi connectivity index (χ0n) is 17.1. The second-order valence-electron chi connectivity index (χ2n) is 6.45. The predicted octanol–water partition coefficient (Wildman–Crippen LogP) is 4.69. The maximum absolute atomic E-state index is 12.8. The largest absolute Gasteiger partial charge is 0.497 e. The molecule has 0 fully saturated rings. The summed E-state index contributed by atoms with van der Waals surface area (Å²) in [5.41, 5.74) is 2.44. The third-order valence-corrected chi connectivity index (χ3v) is 5.56. The number of nitrogens with zero attached hydrogens (tertiary/aromatic N) is 1. The van der Waals surface area contributed by atoms with Crippen LogP contribution in [0, 0.1) is 6.92 Å². The standard InChI is InChI=1S/C22H24N2O4S/c1-13-11-20(24-21-16(13)7-6-8-19(21)28-5)29-14(2)22(25)23-17-12-15(26-3)9-10-18(17)27-4/h6-12,14H,1-5H3,(H,23,25). The number of fused-ring (bicyclic) bond motifs is 1. The minimum Gasteiger partial charge on any atom is -0.497 e. The van der Waals surface area contributed by atoms with Crippen LogP contribution in [-0.2, 0) is 4.79 Å². The highest BCUT2D eigenvalue weighted by Crippen LogP contribution is 2.33. The van der Waals surface area contributed by atoms with Gasteiger partial charge in [0.05, 0.1) is 37.3 Å². The molecule has 7 heteroatoms. The maximum Gasteiger partial charge on any atom is 0.237 e. The summed E-state index contributed by atoms with van der Waals surface area (Å²) < 4.78 is 16.0. The van der Waals surface area contributed by atoms with E-state index in [0.29, 0.717) is 22.9 Å². The Balaban J connectivity index is 1.81. The summed E-state index contributed by atoms with van der Waals surface area (Å²) in [6, 6.07) is 13.1. The van der Waals surface area contributed by atoms with Gasteiger partial charge in [0.15, 0.2) is 0 Å². The Morgan fingerprint density at radius 1 is 1.03 bits per heavy atom. The van der Waals surface area contributed by atoms with E-state index in [1.807, 2.05) is 38.1 Å². The number of carbonyl (C=O) groups is 1. The average Bonchev–Trinajstić information content (AvgIpc) is 2.73. The topological polar surface area (TPSA) is 69.7 Å². The molecule has 1 heterocycles. The van der Waals surface area contributed by atoms with Crippen molar-refractivity contribution in [2.75, 3.05) is 26.6 Å². The molecule has 1 unspecified atom stereocenters. The molecule has 3 aromatic rings. The highest BCUT2D eigenvalue weighted by molar-refractivity contribution is 8.00. The number of nitrogens with one attached hydrogen (secondary N) is 1. The van der Waals surface area contributed by atoms with Crippen molar-refractivity contribution >= 4 is 34.3 Å². The number of anilines is 1. The van der Waals surface area contributed by atoms with Gasteiger partial charge in [-0.15, -0.1) is 0 Å². The van der Waals surface area contributed by atoms with Crippen LogP contribution in [-0.4, -0.2) is 37.5 Å². The summed E-state index contributed by atoms with van der Waals surface area (Å²) in [6.07, 6.45) is 0. The minimum atomic E-state index is -0.370. The number of para-hydroxylation sites is 1. The van der Waals surface area contributed by atoms with E-state index in [-0.39, 0.29) is 11.2 Å². The van der Waals surface area contributed by atoms with Gasteiger partial charge in [-0.05, 0) is 43.7 Å². The summed E-state index contributed by atoms with van der Waals surface area (Å²) in [6.45, 7) is 3.87. The van der Waals surface area contributed by atoms with E-state index < -0.39 is 0 Å². The van der Waals surface area contributed by atoms with Crippen LogP contribution in [0.4, 0.5) is 5.69 Å². The van der Waals surface area contributed by atoms with Gasteiger partial charge < -0.3 is 19.5 Å². The Kier molecular flexibility index (Phi) is 6.49. The Labute approximate surface area is 174 Å². The molecule has 0 aliphatic heterocycles. The number of benzene rings is 2. The van der Waals surface area contributed by atoms with Crippen molar-refractivity contribution in [1.82, 2.24) is 4.98 Å². The molecular weight excluding hydrogens is 388 g/mol. The van der Waals surface area contributed by atoms with Crippen LogP contribution < -0.4 is 19.5 Å². The van der Waals surface area contributed by atoms with E-state index in [2.05, 4.69) is 5.32 Å². The first-order valence-corrected chi connectivity index (χ1v) is 9.98. The van der Waals surface area contributed by atoms with Gasteiger partial charge in [-0.1, -0.05) is 23.9 Å². The lowest BCUT2D eigenvalue weighted by molar-refractivity contribution is -0.115. The number of thioether (sulfide) groups is 1. The maximum atomic E-state index is 12.8. The van der Waals surface area contributed by atoms with E-state index >= 15 is 0 Å². The van der Waals surface area contributed by atoms with E-state index in [1.165, 1.54) is 11.8 Å². The van der Waals surface area contributed by atoms with Gasteiger partial charge in [-0.2, -0.15) is 0 Å². The quantitative estimate of drug-likeness (QED) is 0.568. The Bertz CT molecular complexity index is 1040. The number of aryl methyl sites for hydroxylation is 1. The molecule has 6 nitrogen and oxygen atoms in total. The van der Waals surface area contributed by atoms with E-state index in [1.54, 1.807) is 39.5 Å². The molecule has 1 aromatic heterocycles. The van der Waals surface area contributed by atoms with Gasteiger partial charge in [0.2, 0.25) is 5.91 Å². The lowest BCUT2D eigenvalue weighted by Gasteiger charge is -2.15. The van der Waals surface area contributed by atoms with Crippen LogP contribution in [0.15, 0.2) is 47.5 Å². The number of hydrogen-bond donors (Lipinski definition) is 1. The predicted molar refractivity (Wildman–Crippen MR) is 117 cm³/mol. The summed E-state index contributed by atoms with van der Waals surface area (Å²) >= 11 is 1.39.